The molecule has 2 N–H and O–H groups in total. The van der Waals surface area contributed by atoms with Crippen LogP contribution in [0.15, 0.2) is 28.8 Å². The van der Waals surface area contributed by atoms with Crippen LogP contribution in [0.2, 0.25) is 0 Å². The molecule has 0 radical (unpaired) electrons. The molecule has 1 aromatic carbocycles. The molecule has 106 valence electrons. The number of nitrogens with two attached hydrogens (primary N) is 1. The summed E-state index contributed by atoms with van der Waals surface area (Å²) >= 11 is 0. The van der Waals surface area contributed by atoms with Gasteiger partial charge in [-0.05, 0) is 24.7 Å². The smallest absolute Gasteiger partial charge is 0.248 e. The highest BCUT2D eigenvalue weighted by atomic mass is 16.5. The number of aromatic nitrogens is 2. The molecular formula is C14H18N4O2. The van der Waals surface area contributed by atoms with Crippen molar-refractivity contribution >= 4 is 5.91 Å². The highest BCUT2D eigenvalue weighted by Gasteiger charge is 2.09. The molecule has 0 bridgehead atoms. The molecule has 0 saturated carbocycles. The largest absolute Gasteiger partial charge is 0.366 e. The molecule has 0 saturated heterocycles. The molecule has 6 heteroatoms. The first-order valence-corrected chi connectivity index (χ1v) is 6.47. The lowest BCUT2D eigenvalue weighted by Crippen LogP contribution is -2.17. The maximum atomic E-state index is 11.0. The molecule has 0 unspecified atom stereocenters. The summed E-state index contributed by atoms with van der Waals surface area (Å²) in [6.07, 6.45) is 0.766. The number of nitrogens with zero attached hydrogens (tertiary/aromatic N) is 3. The van der Waals surface area contributed by atoms with Crippen molar-refractivity contribution in [3.8, 4) is 0 Å². The van der Waals surface area contributed by atoms with E-state index in [2.05, 4.69) is 15.0 Å². The zero-order chi connectivity index (χ0) is 14.5. The maximum Gasteiger partial charge on any atom is 0.248 e. The normalized spacial score (nSPS) is 10.9. The van der Waals surface area contributed by atoms with E-state index in [9.17, 15) is 4.79 Å². The minimum absolute atomic E-state index is 0.414. The van der Waals surface area contributed by atoms with E-state index in [4.69, 9.17) is 10.3 Å². The number of rotatable bonds is 6. The molecule has 0 aliphatic rings. The van der Waals surface area contributed by atoms with E-state index in [1.54, 1.807) is 12.1 Å². The molecule has 0 aliphatic heterocycles. The minimum atomic E-state index is -0.414. The van der Waals surface area contributed by atoms with Gasteiger partial charge in [0, 0.05) is 18.5 Å². The van der Waals surface area contributed by atoms with Gasteiger partial charge in [0.05, 0.1) is 6.54 Å². The van der Waals surface area contributed by atoms with Crippen molar-refractivity contribution in [3.05, 3.63) is 47.1 Å². The molecule has 0 atom stereocenters. The third-order valence-corrected chi connectivity index (χ3v) is 2.92. The van der Waals surface area contributed by atoms with Crippen LogP contribution < -0.4 is 5.73 Å². The molecule has 0 aliphatic carbocycles. The van der Waals surface area contributed by atoms with Gasteiger partial charge in [-0.1, -0.05) is 24.2 Å². The first-order chi connectivity index (χ1) is 9.58. The Balaban J connectivity index is 1.93. The Hall–Kier alpha value is -2.21. The van der Waals surface area contributed by atoms with Crippen LogP contribution in [0.5, 0.6) is 0 Å². The van der Waals surface area contributed by atoms with Gasteiger partial charge in [0.15, 0.2) is 5.82 Å². The third kappa shape index (κ3) is 3.64. The quantitative estimate of drug-likeness (QED) is 0.859. The van der Waals surface area contributed by atoms with E-state index in [0.717, 1.165) is 24.4 Å². The summed E-state index contributed by atoms with van der Waals surface area (Å²) in [5, 5.41) is 3.86. The van der Waals surface area contributed by atoms with Crippen molar-refractivity contribution in [1.82, 2.24) is 15.0 Å². The van der Waals surface area contributed by atoms with Gasteiger partial charge < -0.3 is 10.3 Å². The van der Waals surface area contributed by atoms with E-state index in [1.165, 1.54) is 0 Å². The van der Waals surface area contributed by atoms with Gasteiger partial charge in [0.2, 0.25) is 11.8 Å². The van der Waals surface area contributed by atoms with Gasteiger partial charge in [-0.25, -0.2) is 0 Å². The van der Waals surface area contributed by atoms with Crippen molar-refractivity contribution < 1.29 is 9.32 Å². The van der Waals surface area contributed by atoms with Crippen molar-refractivity contribution in [2.75, 3.05) is 7.05 Å². The van der Waals surface area contributed by atoms with Gasteiger partial charge in [-0.15, -0.1) is 0 Å². The van der Waals surface area contributed by atoms with Crippen LogP contribution in [0.4, 0.5) is 0 Å². The topological polar surface area (TPSA) is 85.3 Å². The summed E-state index contributed by atoms with van der Waals surface area (Å²) < 4.78 is 5.15. The zero-order valence-electron chi connectivity index (χ0n) is 11.7. The molecule has 1 aromatic heterocycles. The van der Waals surface area contributed by atoms with E-state index in [-0.39, 0.29) is 0 Å². The lowest BCUT2D eigenvalue weighted by atomic mass is 10.1. The van der Waals surface area contributed by atoms with Gasteiger partial charge >= 0.3 is 0 Å². The number of hydrogen-bond donors (Lipinski definition) is 1. The molecule has 0 spiro atoms. The van der Waals surface area contributed by atoms with Gasteiger partial charge in [-0.2, -0.15) is 4.98 Å². The predicted molar refractivity (Wildman–Crippen MR) is 73.8 cm³/mol. The van der Waals surface area contributed by atoms with Crippen LogP contribution in [0.25, 0.3) is 0 Å². The van der Waals surface area contributed by atoms with Crippen LogP contribution in [0.1, 0.15) is 34.6 Å². The summed E-state index contributed by atoms with van der Waals surface area (Å²) in [5.41, 5.74) is 6.81. The average molecular weight is 274 g/mol. The molecule has 20 heavy (non-hydrogen) atoms. The highest BCUT2D eigenvalue weighted by Crippen LogP contribution is 2.09. The molecule has 1 heterocycles. The number of aryl methyl sites for hydroxylation is 1. The zero-order valence-corrected chi connectivity index (χ0v) is 11.7. The molecule has 1 amide bonds. The van der Waals surface area contributed by atoms with E-state index >= 15 is 0 Å². The standard InChI is InChI=1S/C14H18N4O2/c1-3-12-16-13(20-17-12)9-18(2)8-10-4-6-11(7-5-10)14(15)19/h4-7H,3,8-9H2,1-2H3,(H2,15,19). The number of carbonyl (C=O) groups is 1. The number of hydrogen-bond acceptors (Lipinski definition) is 5. The van der Waals surface area contributed by atoms with Crippen molar-refractivity contribution in [2.45, 2.75) is 26.4 Å². The minimum Gasteiger partial charge on any atom is -0.366 e. The lowest BCUT2D eigenvalue weighted by Gasteiger charge is -2.14. The summed E-state index contributed by atoms with van der Waals surface area (Å²) in [5.74, 6) is 0.917. The summed E-state index contributed by atoms with van der Waals surface area (Å²) in [4.78, 5) is 17.3. The van der Waals surface area contributed by atoms with Crippen molar-refractivity contribution in [3.63, 3.8) is 0 Å². The number of carbonyl (C=O) groups excluding carboxylic acids is 1. The number of benzene rings is 1. The Morgan fingerprint density at radius 2 is 2.00 bits per heavy atom. The molecule has 6 nitrogen and oxygen atoms in total. The molecule has 2 rings (SSSR count). The van der Waals surface area contributed by atoms with Crippen LogP contribution >= 0.6 is 0 Å². The number of amides is 1. The summed E-state index contributed by atoms with van der Waals surface area (Å²) in [6, 6.07) is 7.24. The second-order valence-electron chi connectivity index (χ2n) is 4.69. The lowest BCUT2D eigenvalue weighted by molar-refractivity contribution is 0.100. The SMILES string of the molecule is CCc1noc(CN(C)Cc2ccc(C(N)=O)cc2)n1. The molecule has 0 fully saturated rings. The third-order valence-electron chi connectivity index (χ3n) is 2.92. The predicted octanol–water partition coefficient (Wildman–Crippen LogP) is 1.36. The Morgan fingerprint density at radius 3 is 2.55 bits per heavy atom. The fraction of sp³-hybridized carbons (Fsp3) is 0.357. The van der Waals surface area contributed by atoms with Gasteiger partial charge in [-0.3, -0.25) is 9.69 Å². The van der Waals surface area contributed by atoms with Crippen molar-refractivity contribution in [2.24, 2.45) is 5.73 Å². The second-order valence-corrected chi connectivity index (χ2v) is 4.69. The van der Waals surface area contributed by atoms with Crippen LogP contribution in [0, 0.1) is 0 Å². The average Bonchev–Trinajstić information content (AvgIpc) is 2.86. The van der Waals surface area contributed by atoms with Crippen molar-refractivity contribution in [1.29, 1.82) is 0 Å². The monoisotopic (exact) mass is 274 g/mol. The molecule has 2 aromatic rings. The second kappa shape index (κ2) is 6.29. The van der Waals surface area contributed by atoms with Gasteiger partial charge in [0.25, 0.3) is 0 Å². The van der Waals surface area contributed by atoms with E-state index in [0.29, 0.717) is 18.0 Å². The van der Waals surface area contributed by atoms with Gasteiger partial charge in [0.1, 0.15) is 0 Å². The van der Waals surface area contributed by atoms with Crippen LogP contribution in [-0.2, 0) is 19.5 Å². The summed E-state index contributed by atoms with van der Waals surface area (Å²) in [7, 11) is 1.97. The highest BCUT2D eigenvalue weighted by molar-refractivity contribution is 5.92. The summed E-state index contributed by atoms with van der Waals surface area (Å²) in [6.45, 7) is 3.30. The fourth-order valence-electron chi connectivity index (χ4n) is 1.87. The Kier molecular flexibility index (Phi) is 4.47. The van der Waals surface area contributed by atoms with Crippen LogP contribution in [0.3, 0.4) is 0 Å². The van der Waals surface area contributed by atoms with Crippen LogP contribution in [-0.4, -0.2) is 28.0 Å². The Labute approximate surface area is 117 Å². The van der Waals surface area contributed by atoms with E-state index in [1.807, 2.05) is 26.1 Å². The molecular weight excluding hydrogens is 256 g/mol. The Morgan fingerprint density at radius 1 is 1.30 bits per heavy atom. The van der Waals surface area contributed by atoms with E-state index < -0.39 is 5.91 Å². The first-order valence-electron chi connectivity index (χ1n) is 6.47. The first kappa shape index (κ1) is 14.2. The fourth-order valence-corrected chi connectivity index (χ4v) is 1.87. The maximum absolute atomic E-state index is 11.0. The number of primary amides is 1. The Bertz CT molecular complexity index is 577.